The van der Waals surface area contributed by atoms with Crippen molar-refractivity contribution in [1.29, 1.82) is 0 Å². The number of carbonyl (C=O) groups is 3. The van der Waals surface area contributed by atoms with Crippen LogP contribution < -0.4 is 10.6 Å². The van der Waals surface area contributed by atoms with Gasteiger partial charge in [-0.25, -0.2) is 9.59 Å². The molecule has 0 radical (unpaired) electrons. The second-order valence-corrected chi connectivity index (χ2v) is 8.81. The molecule has 2 amide bonds. The highest BCUT2D eigenvalue weighted by molar-refractivity contribution is 5.92. The van der Waals surface area contributed by atoms with Crippen LogP contribution in [0.15, 0.2) is 48.5 Å². The highest BCUT2D eigenvalue weighted by atomic mass is 16.5. The topological polar surface area (TPSA) is 105 Å². The molecule has 0 saturated heterocycles. The van der Waals surface area contributed by atoms with E-state index >= 15 is 0 Å². The normalized spacial score (nSPS) is 16.0. The van der Waals surface area contributed by atoms with Crippen LogP contribution in [0, 0.1) is 5.92 Å². The molecule has 0 saturated carbocycles. The summed E-state index contributed by atoms with van der Waals surface area (Å²) in [5.41, 5.74) is 3.15. The van der Waals surface area contributed by atoms with E-state index in [1.807, 2.05) is 43.3 Å². The van der Waals surface area contributed by atoms with Crippen LogP contribution in [0.25, 0.3) is 11.1 Å². The Balaban J connectivity index is 1.68. The zero-order chi connectivity index (χ0) is 24.2. The number of carbonyl (C=O) groups excluding carboxylic acids is 2. The van der Waals surface area contributed by atoms with E-state index in [1.54, 1.807) is 20.8 Å². The minimum absolute atomic E-state index is 0.0911. The van der Waals surface area contributed by atoms with Gasteiger partial charge in [-0.05, 0) is 41.5 Å². The van der Waals surface area contributed by atoms with Gasteiger partial charge in [-0.2, -0.15) is 0 Å². The maximum atomic E-state index is 12.9. The number of alkyl carbamates (subject to hydrolysis) is 1. The molecule has 3 atom stereocenters. The molecule has 2 aromatic carbocycles. The molecular formula is C26H32N2O5. The van der Waals surface area contributed by atoms with Gasteiger partial charge in [-0.3, -0.25) is 4.79 Å². The molecule has 176 valence electrons. The third-order valence-corrected chi connectivity index (χ3v) is 6.70. The van der Waals surface area contributed by atoms with Gasteiger partial charge in [0, 0.05) is 5.92 Å². The lowest BCUT2D eigenvalue weighted by Gasteiger charge is -2.31. The minimum Gasteiger partial charge on any atom is -0.480 e. The first kappa shape index (κ1) is 24.3. The Kier molecular flexibility index (Phi) is 7.41. The lowest BCUT2D eigenvalue weighted by Crippen LogP contribution is -2.60. The van der Waals surface area contributed by atoms with E-state index in [0.29, 0.717) is 6.42 Å². The molecule has 0 aliphatic heterocycles. The predicted octanol–water partition coefficient (Wildman–Crippen LogP) is 4.31. The van der Waals surface area contributed by atoms with Gasteiger partial charge in [0.15, 0.2) is 0 Å². The summed E-state index contributed by atoms with van der Waals surface area (Å²) in [7, 11) is 0. The van der Waals surface area contributed by atoms with E-state index in [0.717, 1.165) is 22.3 Å². The van der Waals surface area contributed by atoms with E-state index in [-0.39, 0.29) is 24.9 Å². The van der Waals surface area contributed by atoms with Gasteiger partial charge < -0.3 is 20.5 Å². The summed E-state index contributed by atoms with van der Waals surface area (Å²) < 4.78 is 5.56. The number of fused-ring (bicyclic) bond motifs is 3. The number of carboxylic acids is 1. The lowest BCUT2D eigenvalue weighted by atomic mass is 9.94. The van der Waals surface area contributed by atoms with E-state index in [1.165, 1.54) is 0 Å². The van der Waals surface area contributed by atoms with Crippen LogP contribution in [-0.2, 0) is 14.3 Å². The Morgan fingerprint density at radius 3 is 2.06 bits per heavy atom. The third-order valence-electron chi connectivity index (χ3n) is 6.70. The second-order valence-electron chi connectivity index (χ2n) is 8.81. The summed E-state index contributed by atoms with van der Waals surface area (Å²) in [6.45, 7) is 7.08. The summed E-state index contributed by atoms with van der Waals surface area (Å²) in [6, 6.07) is 15.1. The van der Waals surface area contributed by atoms with Gasteiger partial charge in [0.2, 0.25) is 5.91 Å². The standard InChI is InChI=1S/C26H32N2O5/c1-5-16(3)22(23(29)30)27-24(31)26(4,6-2)28-25(32)33-15-21-19-13-9-7-11-17(19)18-12-8-10-14-20(18)21/h7-14,16,21-22H,5-6,15H2,1-4H3,(H,27,31)(H,28,32)(H,29,30)/t16?,22-,26?/m0/s1. The molecule has 0 spiro atoms. The Morgan fingerprint density at radius 1 is 1.03 bits per heavy atom. The molecule has 7 nitrogen and oxygen atoms in total. The van der Waals surface area contributed by atoms with Crippen molar-refractivity contribution in [3.8, 4) is 11.1 Å². The fourth-order valence-electron chi connectivity index (χ4n) is 4.15. The van der Waals surface area contributed by atoms with Gasteiger partial charge in [0.1, 0.15) is 18.2 Å². The molecule has 0 fully saturated rings. The van der Waals surface area contributed by atoms with Crippen molar-refractivity contribution in [2.45, 2.75) is 58.0 Å². The Hall–Kier alpha value is -3.35. The molecule has 3 N–H and O–H groups in total. The van der Waals surface area contributed by atoms with Gasteiger partial charge in [0.05, 0.1) is 0 Å². The highest BCUT2D eigenvalue weighted by Gasteiger charge is 2.38. The van der Waals surface area contributed by atoms with Crippen molar-refractivity contribution >= 4 is 18.0 Å². The number of aliphatic carboxylic acids is 1. The Morgan fingerprint density at radius 2 is 1.58 bits per heavy atom. The Bertz CT molecular complexity index is 991. The van der Waals surface area contributed by atoms with E-state index < -0.39 is 29.6 Å². The maximum Gasteiger partial charge on any atom is 0.408 e. The molecule has 7 heteroatoms. The first-order valence-electron chi connectivity index (χ1n) is 11.4. The third kappa shape index (κ3) is 5.02. The average Bonchev–Trinajstić information content (AvgIpc) is 3.14. The summed E-state index contributed by atoms with van der Waals surface area (Å²) >= 11 is 0. The predicted molar refractivity (Wildman–Crippen MR) is 126 cm³/mol. The van der Waals surface area contributed by atoms with E-state index in [4.69, 9.17) is 4.74 Å². The zero-order valence-corrected chi connectivity index (χ0v) is 19.6. The van der Waals surface area contributed by atoms with Gasteiger partial charge in [-0.15, -0.1) is 0 Å². The maximum absolute atomic E-state index is 12.9. The van der Waals surface area contributed by atoms with E-state index in [9.17, 15) is 19.5 Å². The molecule has 33 heavy (non-hydrogen) atoms. The molecule has 0 heterocycles. The van der Waals surface area contributed by atoms with Crippen molar-refractivity contribution in [1.82, 2.24) is 10.6 Å². The first-order chi connectivity index (χ1) is 15.7. The van der Waals surface area contributed by atoms with Crippen LogP contribution in [0.2, 0.25) is 0 Å². The summed E-state index contributed by atoms with van der Waals surface area (Å²) in [4.78, 5) is 37.2. The number of hydrogen-bond acceptors (Lipinski definition) is 4. The molecule has 0 bridgehead atoms. The minimum atomic E-state index is -1.30. The molecule has 1 aliphatic carbocycles. The molecule has 1 aliphatic rings. The van der Waals surface area contributed by atoms with E-state index in [2.05, 4.69) is 22.8 Å². The molecule has 2 aromatic rings. The second kappa shape index (κ2) is 10.1. The summed E-state index contributed by atoms with van der Waals surface area (Å²) in [5.74, 6) is -1.99. The largest absolute Gasteiger partial charge is 0.480 e. The molecule has 3 rings (SSSR count). The number of carboxylic acid groups (broad SMARTS) is 1. The number of rotatable bonds is 9. The number of amides is 2. The molecule has 0 aromatic heterocycles. The van der Waals surface area contributed by atoms with Gasteiger partial charge >= 0.3 is 12.1 Å². The van der Waals surface area contributed by atoms with Crippen LogP contribution >= 0.6 is 0 Å². The zero-order valence-electron chi connectivity index (χ0n) is 19.6. The van der Waals surface area contributed by atoms with Crippen LogP contribution in [-0.4, -0.2) is 41.3 Å². The first-order valence-corrected chi connectivity index (χ1v) is 11.4. The number of hydrogen-bond donors (Lipinski definition) is 3. The smallest absolute Gasteiger partial charge is 0.408 e. The molecular weight excluding hydrogens is 420 g/mol. The van der Waals surface area contributed by atoms with Crippen molar-refractivity contribution in [3.63, 3.8) is 0 Å². The SMILES string of the molecule is CCC(C)[C@H](NC(=O)C(C)(CC)NC(=O)OCC1c2ccccc2-c2ccccc21)C(=O)O. The average molecular weight is 453 g/mol. The Labute approximate surface area is 194 Å². The van der Waals surface area contributed by atoms with Gasteiger partial charge in [-0.1, -0.05) is 75.7 Å². The van der Waals surface area contributed by atoms with Crippen LogP contribution in [0.3, 0.4) is 0 Å². The van der Waals surface area contributed by atoms with Crippen LogP contribution in [0.1, 0.15) is 57.6 Å². The highest BCUT2D eigenvalue weighted by Crippen LogP contribution is 2.44. The lowest BCUT2D eigenvalue weighted by molar-refractivity contribution is -0.144. The van der Waals surface area contributed by atoms with Crippen molar-refractivity contribution < 1.29 is 24.2 Å². The van der Waals surface area contributed by atoms with Crippen molar-refractivity contribution in [3.05, 3.63) is 59.7 Å². The summed E-state index contributed by atoms with van der Waals surface area (Å²) in [5, 5.41) is 14.7. The van der Waals surface area contributed by atoms with Crippen LogP contribution in [0.4, 0.5) is 4.79 Å². The van der Waals surface area contributed by atoms with Crippen molar-refractivity contribution in [2.75, 3.05) is 6.61 Å². The summed E-state index contributed by atoms with van der Waals surface area (Å²) in [6.07, 6.45) is 0.155. The van der Waals surface area contributed by atoms with Gasteiger partial charge in [0.25, 0.3) is 0 Å². The fourth-order valence-corrected chi connectivity index (χ4v) is 4.15. The quantitative estimate of drug-likeness (QED) is 0.526. The number of ether oxygens (including phenoxy) is 1. The molecule has 2 unspecified atom stereocenters. The van der Waals surface area contributed by atoms with Crippen molar-refractivity contribution in [2.24, 2.45) is 5.92 Å². The fraction of sp³-hybridized carbons (Fsp3) is 0.423. The number of nitrogens with one attached hydrogen (secondary N) is 2. The van der Waals surface area contributed by atoms with Crippen LogP contribution in [0.5, 0.6) is 0 Å². The monoisotopic (exact) mass is 452 g/mol. The number of benzene rings is 2.